The number of rotatable bonds is 5. The molecule has 1 aromatic rings. The lowest BCUT2D eigenvalue weighted by Gasteiger charge is -2.16. The van der Waals surface area contributed by atoms with Crippen molar-refractivity contribution in [2.45, 2.75) is 39.2 Å². The predicted molar refractivity (Wildman–Crippen MR) is 62.6 cm³/mol. The molecule has 2 atom stereocenters. The fraction of sp³-hybridized carbons (Fsp3) is 0.538. The van der Waals surface area contributed by atoms with E-state index in [-0.39, 0.29) is 0 Å². The number of benzene rings is 1. The van der Waals surface area contributed by atoms with Gasteiger partial charge in [0.1, 0.15) is 0 Å². The van der Waals surface area contributed by atoms with Crippen molar-refractivity contribution in [1.29, 1.82) is 0 Å². The first-order valence-electron chi connectivity index (χ1n) is 5.52. The van der Waals surface area contributed by atoms with Crippen LogP contribution < -0.4 is 5.32 Å². The second-order valence-electron chi connectivity index (χ2n) is 4.03. The average Bonchev–Trinajstić information content (AvgIpc) is 2.26. The van der Waals surface area contributed by atoms with Gasteiger partial charge in [0.05, 0.1) is 0 Å². The summed E-state index contributed by atoms with van der Waals surface area (Å²) >= 11 is 0. The minimum absolute atomic E-state index is 0.602. The highest BCUT2D eigenvalue weighted by Crippen LogP contribution is 2.13. The second kappa shape index (κ2) is 5.82. The minimum Gasteiger partial charge on any atom is -0.314 e. The molecule has 0 aliphatic carbocycles. The summed E-state index contributed by atoms with van der Waals surface area (Å²) in [6, 6.07) is 11.3. The summed E-state index contributed by atoms with van der Waals surface area (Å²) in [6.07, 6.45) is 1.20. The van der Waals surface area contributed by atoms with E-state index in [2.05, 4.69) is 56.4 Å². The van der Waals surface area contributed by atoms with E-state index in [1.54, 1.807) is 0 Å². The maximum Gasteiger partial charge on any atom is 0.00363 e. The minimum atomic E-state index is 0.602. The Balaban J connectivity index is 2.39. The van der Waals surface area contributed by atoms with Gasteiger partial charge in [-0.2, -0.15) is 0 Å². The van der Waals surface area contributed by atoms with Crippen LogP contribution in [-0.4, -0.2) is 12.6 Å². The highest BCUT2D eigenvalue weighted by molar-refractivity contribution is 5.18. The molecular formula is C13H21N. The van der Waals surface area contributed by atoms with Gasteiger partial charge >= 0.3 is 0 Å². The Morgan fingerprint density at radius 2 is 1.79 bits per heavy atom. The van der Waals surface area contributed by atoms with E-state index in [0.29, 0.717) is 12.0 Å². The summed E-state index contributed by atoms with van der Waals surface area (Å²) in [5.74, 6) is 0.602. The van der Waals surface area contributed by atoms with Crippen molar-refractivity contribution in [2.75, 3.05) is 6.54 Å². The van der Waals surface area contributed by atoms with E-state index in [1.807, 2.05) is 0 Å². The topological polar surface area (TPSA) is 12.0 Å². The van der Waals surface area contributed by atoms with Crippen LogP contribution in [0, 0.1) is 0 Å². The molecule has 0 aliphatic heterocycles. The van der Waals surface area contributed by atoms with E-state index in [9.17, 15) is 0 Å². The highest BCUT2D eigenvalue weighted by Gasteiger charge is 2.05. The first-order chi connectivity index (χ1) is 6.74. The monoisotopic (exact) mass is 191 g/mol. The molecule has 0 bridgehead atoms. The summed E-state index contributed by atoms with van der Waals surface area (Å²) < 4.78 is 0. The molecule has 1 rings (SSSR count). The summed E-state index contributed by atoms with van der Waals surface area (Å²) in [5.41, 5.74) is 1.42. The van der Waals surface area contributed by atoms with Crippen LogP contribution in [0.3, 0.4) is 0 Å². The van der Waals surface area contributed by atoms with Crippen molar-refractivity contribution < 1.29 is 0 Å². The molecule has 0 aromatic heterocycles. The fourth-order valence-corrected chi connectivity index (χ4v) is 1.42. The van der Waals surface area contributed by atoms with Crippen molar-refractivity contribution >= 4 is 0 Å². The van der Waals surface area contributed by atoms with Crippen molar-refractivity contribution in [1.82, 2.24) is 5.32 Å². The predicted octanol–water partition coefficient (Wildman–Crippen LogP) is 3.18. The standard InChI is InChI=1S/C13H21N/c1-4-12(3)14-10-11(2)13-8-6-5-7-9-13/h5-9,11-12,14H,4,10H2,1-3H3/t11-,12-/m0/s1. The SMILES string of the molecule is CC[C@H](C)NC[C@H](C)c1ccccc1. The van der Waals surface area contributed by atoms with Gasteiger partial charge in [0.25, 0.3) is 0 Å². The lowest BCUT2D eigenvalue weighted by Crippen LogP contribution is -2.28. The lowest BCUT2D eigenvalue weighted by atomic mass is 10.0. The summed E-state index contributed by atoms with van der Waals surface area (Å²) in [5, 5.41) is 3.53. The van der Waals surface area contributed by atoms with Crippen molar-refractivity contribution in [3.8, 4) is 0 Å². The molecule has 0 saturated carbocycles. The van der Waals surface area contributed by atoms with E-state index in [0.717, 1.165) is 6.54 Å². The Morgan fingerprint density at radius 1 is 1.14 bits per heavy atom. The molecule has 0 fully saturated rings. The van der Waals surface area contributed by atoms with E-state index >= 15 is 0 Å². The lowest BCUT2D eigenvalue weighted by molar-refractivity contribution is 0.508. The van der Waals surface area contributed by atoms with Crippen LogP contribution in [0.5, 0.6) is 0 Å². The van der Waals surface area contributed by atoms with Gasteiger partial charge in [-0.3, -0.25) is 0 Å². The van der Waals surface area contributed by atoms with Crippen LogP contribution in [0.4, 0.5) is 0 Å². The quantitative estimate of drug-likeness (QED) is 0.753. The van der Waals surface area contributed by atoms with Crippen molar-refractivity contribution in [2.24, 2.45) is 0 Å². The zero-order valence-corrected chi connectivity index (χ0v) is 9.46. The Kier molecular flexibility index (Phi) is 4.68. The molecule has 0 aliphatic rings. The molecule has 1 nitrogen and oxygen atoms in total. The van der Waals surface area contributed by atoms with Crippen LogP contribution in [0.15, 0.2) is 30.3 Å². The van der Waals surface area contributed by atoms with Crippen LogP contribution in [0.1, 0.15) is 38.7 Å². The molecule has 0 saturated heterocycles. The molecule has 0 radical (unpaired) electrons. The van der Waals surface area contributed by atoms with Gasteiger partial charge in [-0.1, -0.05) is 44.2 Å². The zero-order chi connectivity index (χ0) is 10.4. The number of hydrogen-bond donors (Lipinski definition) is 1. The third-order valence-electron chi connectivity index (χ3n) is 2.75. The fourth-order valence-electron chi connectivity index (χ4n) is 1.42. The molecule has 1 N–H and O–H groups in total. The summed E-state index contributed by atoms with van der Waals surface area (Å²) in [6.45, 7) is 7.78. The van der Waals surface area contributed by atoms with Crippen LogP contribution in [0.2, 0.25) is 0 Å². The average molecular weight is 191 g/mol. The van der Waals surface area contributed by atoms with Gasteiger partial charge in [-0.25, -0.2) is 0 Å². The molecule has 78 valence electrons. The Morgan fingerprint density at radius 3 is 2.36 bits per heavy atom. The third-order valence-corrected chi connectivity index (χ3v) is 2.75. The molecule has 14 heavy (non-hydrogen) atoms. The summed E-state index contributed by atoms with van der Waals surface area (Å²) in [4.78, 5) is 0. The van der Waals surface area contributed by atoms with Gasteiger partial charge in [0, 0.05) is 12.6 Å². The van der Waals surface area contributed by atoms with Crippen LogP contribution in [0.25, 0.3) is 0 Å². The highest BCUT2D eigenvalue weighted by atomic mass is 14.9. The Labute approximate surface area is 87.5 Å². The first-order valence-corrected chi connectivity index (χ1v) is 5.52. The van der Waals surface area contributed by atoms with Gasteiger partial charge in [-0.05, 0) is 24.8 Å². The Bertz CT molecular complexity index is 243. The van der Waals surface area contributed by atoms with Crippen LogP contribution >= 0.6 is 0 Å². The summed E-state index contributed by atoms with van der Waals surface area (Å²) in [7, 11) is 0. The normalized spacial score (nSPS) is 15.1. The van der Waals surface area contributed by atoms with E-state index < -0.39 is 0 Å². The molecule has 0 spiro atoms. The zero-order valence-electron chi connectivity index (χ0n) is 9.46. The molecule has 0 heterocycles. The molecular weight excluding hydrogens is 170 g/mol. The molecule has 0 unspecified atom stereocenters. The second-order valence-corrected chi connectivity index (χ2v) is 4.03. The molecule has 1 aromatic carbocycles. The van der Waals surface area contributed by atoms with Gasteiger partial charge in [0.15, 0.2) is 0 Å². The first kappa shape index (κ1) is 11.3. The number of nitrogens with one attached hydrogen (secondary N) is 1. The van der Waals surface area contributed by atoms with Crippen LogP contribution in [-0.2, 0) is 0 Å². The van der Waals surface area contributed by atoms with E-state index in [1.165, 1.54) is 12.0 Å². The van der Waals surface area contributed by atoms with Gasteiger partial charge in [-0.15, -0.1) is 0 Å². The molecule has 1 heteroatoms. The van der Waals surface area contributed by atoms with Crippen molar-refractivity contribution in [3.63, 3.8) is 0 Å². The maximum atomic E-state index is 3.53. The van der Waals surface area contributed by atoms with Gasteiger partial charge in [0.2, 0.25) is 0 Å². The maximum absolute atomic E-state index is 3.53. The largest absolute Gasteiger partial charge is 0.314 e. The van der Waals surface area contributed by atoms with E-state index in [4.69, 9.17) is 0 Å². The smallest absolute Gasteiger partial charge is 0.00363 e. The third kappa shape index (κ3) is 3.51. The molecule has 0 amide bonds. The number of hydrogen-bond acceptors (Lipinski definition) is 1. The van der Waals surface area contributed by atoms with Crippen molar-refractivity contribution in [3.05, 3.63) is 35.9 Å². The Hall–Kier alpha value is -0.820. The van der Waals surface area contributed by atoms with Gasteiger partial charge < -0.3 is 5.32 Å².